The van der Waals surface area contributed by atoms with Crippen LogP contribution < -0.4 is 9.47 Å². The van der Waals surface area contributed by atoms with Gasteiger partial charge in [0.2, 0.25) is 6.79 Å². The summed E-state index contributed by atoms with van der Waals surface area (Å²) in [6, 6.07) is 3.41. The Morgan fingerprint density at radius 2 is 1.79 bits per heavy atom. The molecule has 1 heterocycles. The topological polar surface area (TPSA) is 55.8 Å². The summed E-state index contributed by atoms with van der Waals surface area (Å²) >= 11 is 6.28. The van der Waals surface area contributed by atoms with Gasteiger partial charge in [-0.05, 0) is 24.5 Å². The predicted octanol–water partition coefficient (Wildman–Crippen LogP) is 3.36. The second-order valence-corrected chi connectivity index (χ2v) is 5.54. The quantitative estimate of drug-likeness (QED) is 0.904. The van der Waals surface area contributed by atoms with Gasteiger partial charge in [-0.15, -0.1) is 0 Å². The largest absolute Gasteiger partial charge is 0.481 e. The van der Waals surface area contributed by atoms with Crippen LogP contribution in [0.25, 0.3) is 0 Å². The van der Waals surface area contributed by atoms with Gasteiger partial charge in [-0.2, -0.15) is 0 Å². The smallest absolute Gasteiger partial charge is 0.314 e. The molecular weight excluding hydrogens is 268 g/mol. The highest BCUT2D eigenvalue weighted by Gasteiger charge is 2.43. The molecular formula is C14H15ClO4. The monoisotopic (exact) mass is 282 g/mol. The van der Waals surface area contributed by atoms with Gasteiger partial charge in [-0.25, -0.2) is 0 Å². The molecule has 1 N–H and O–H groups in total. The van der Waals surface area contributed by atoms with Gasteiger partial charge in [-0.3, -0.25) is 4.79 Å². The molecule has 102 valence electrons. The van der Waals surface area contributed by atoms with E-state index >= 15 is 0 Å². The van der Waals surface area contributed by atoms with Crippen molar-refractivity contribution >= 4 is 17.6 Å². The lowest BCUT2D eigenvalue weighted by molar-refractivity contribution is -0.145. The molecule has 0 atom stereocenters. The van der Waals surface area contributed by atoms with Crippen LogP contribution in [-0.2, 0) is 10.2 Å². The third kappa shape index (κ3) is 1.94. The van der Waals surface area contributed by atoms with E-state index < -0.39 is 11.4 Å². The maximum absolute atomic E-state index is 11.8. The number of hydrogen-bond acceptors (Lipinski definition) is 3. The van der Waals surface area contributed by atoms with Crippen molar-refractivity contribution in [1.29, 1.82) is 0 Å². The first kappa shape index (κ1) is 12.6. The summed E-state index contributed by atoms with van der Waals surface area (Å²) in [6.45, 7) is 0.162. The first-order valence-electron chi connectivity index (χ1n) is 6.46. The van der Waals surface area contributed by atoms with Crippen LogP contribution in [0.4, 0.5) is 0 Å². The first-order valence-corrected chi connectivity index (χ1v) is 6.84. The molecule has 4 nitrogen and oxygen atoms in total. The average molecular weight is 283 g/mol. The maximum atomic E-state index is 11.8. The molecule has 0 radical (unpaired) electrons. The highest BCUT2D eigenvalue weighted by Crippen LogP contribution is 2.47. The zero-order valence-corrected chi connectivity index (χ0v) is 11.2. The number of carboxylic acid groups (broad SMARTS) is 1. The zero-order valence-electron chi connectivity index (χ0n) is 10.4. The lowest BCUT2D eigenvalue weighted by Crippen LogP contribution is -2.38. The van der Waals surface area contributed by atoms with E-state index in [9.17, 15) is 9.90 Å². The third-order valence-electron chi connectivity index (χ3n) is 4.09. The van der Waals surface area contributed by atoms with Crippen molar-refractivity contribution in [3.63, 3.8) is 0 Å². The number of hydrogen-bond donors (Lipinski definition) is 1. The number of aliphatic carboxylic acids is 1. The highest BCUT2D eigenvalue weighted by molar-refractivity contribution is 6.32. The van der Waals surface area contributed by atoms with E-state index in [0.717, 1.165) is 19.3 Å². The molecule has 1 aromatic rings. The molecule has 0 aromatic heterocycles. The fourth-order valence-electron chi connectivity index (χ4n) is 3.04. The molecule has 0 spiro atoms. The molecule has 2 aliphatic rings. The standard InChI is InChI=1S/C14H15ClO4/c15-10-7-12-11(18-8-19-12)6-9(10)14(13(16)17)4-2-1-3-5-14/h6-7H,1-5,8H2,(H,16,17). The van der Waals surface area contributed by atoms with Crippen LogP contribution in [0, 0.1) is 0 Å². The highest BCUT2D eigenvalue weighted by atomic mass is 35.5. The van der Waals surface area contributed by atoms with Crippen molar-refractivity contribution in [2.45, 2.75) is 37.5 Å². The van der Waals surface area contributed by atoms with E-state index in [1.54, 1.807) is 12.1 Å². The minimum atomic E-state index is -0.879. The second kappa shape index (κ2) is 4.60. The molecule has 1 aliphatic carbocycles. The van der Waals surface area contributed by atoms with E-state index in [1.165, 1.54) is 0 Å². The van der Waals surface area contributed by atoms with Gasteiger partial charge in [0.05, 0.1) is 5.41 Å². The Morgan fingerprint density at radius 3 is 2.42 bits per heavy atom. The van der Waals surface area contributed by atoms with E-state index in [0.29, 0.717) is 34.9 Å². The SMILES string of the molecule is O=C(O)C1(c2cc3c(cc2Cl)OCO3)CCCCC1. The van der Waals surface area contributed by atoms with E-state index in [1.807, 2.05) is 0 Å². The van der Waals surface area contributed by atoms with Gasteiger partial charge >= 0.3 is 5.97 Å². The van der Waals surface area contributed by atoms with Crippen LogP contribution >= 0.6 is 11.6 Å². The van der Waals surface area contributed by atoms with Gasteiger partial charge in [0.25, 0.3) is 0 Å². The Kier molecular flexibility index (Phi) is 3.05. The van der Waals surface area contributed by atoms with Crippen molar-refractivity contribution in [3.8, 4) is 11.5 Å². The zero-order chi connectivity index (χ0) is 13.5. The summed E-state index contributed by atoms with van der Waals surface area (Å²) in [5, 5.41) is 10.1. The number of carbonyl (C=O) groups is 1. The normalized spacial score (nSPS) is 20.3. The lowest BCUT2D eigenvalue weighted by atomic mass is 9.69. The van der Waals surface area contributed by atoms with Gasteiger partial charge in [0.1, 0.15) is 0 Å². The van der Waals surface area contributed by atoms with Crippen molar-refractivity contribution in [2.24, 2.45) is 0 Å². The van der Waals surface area contributed by atoms with Gasteiger partial charge in [-0.1, -0.05) is 30.9 Å². The summed E-state index contributed by atoms with van der Waals surface area (Å²) in [5.74, 6) is 0.378. The Hall–Kier alpha value is -1.42. The summed E-state index contributed by atoms with van der Waals surface area (Å²) in [4.78, 5) is 11.8. The van der Waals surface area contributed by atoms with Crippen LogP contribution in [0.15, 0.2) is 12.1 Å². The minimum Gasteiger partial charge on any atom is -0.481 e. The first-order chi connectivity index (χ1) is 9.13. The number of carboxylic acids is 1. The third-order valence-corrected chi connectivity index (χ3v) is 4.41. The van der Waals surface area contributed by atoms with Crippen LogP contribution in [-0.4, -0.2) is 17.9 Å². The van der Waals surface area contributed by atoms with Crippen LogP contribution in [0.5, 0.6) is 11.5 Å². The summed E-state index contributed by atoms with van der Waals surface area (Å²) in [6.07, 6.45) is 4.16. The van der Waals surface area contributed by atoms with E-state index in [4.69, 9.17) is 21.1 Å². The predicted molar refractivity (Wildman–Crippen MR) is 70.0 cm³/mol. The van der Waals surface area contributed by atoms with Crippen LogP contribution in [0.3, 0.4) is 0 Å². The summed E-state index contributed by atoms with van der Waals surface area (Å²) in [5.41, 5.74) is -0.221. The Morgan fingerprint density at radius 1 is 1.16 bits per heavy atom. The van der Waals surface area contributed by atoms with Crippen molar-refractivity contribution in [3.05, 3.63) is 22.7 Å². The van der Waals surface area contributed by atoms with Crippen LogP contribution in [0.1, 0.15) is 37.7 Å². The lowest BCUT2D eigenvalue weighted by Gasteiger charge is -2.34. The minimum absolute atomic E-state index is 0.162. The molecule has 1 aliphatic heterocycles. The number of halogens is 1. The molecule has 19 heavy (non-hydrogen) atoms. The van der Waals surface area contributed by atoms with Crippen molar-refractivity contribution in [1.82, 2.24) is 0 Å². The molecule has 0 amide bonds. The maximum Gasteiger partial charge on any atom is 0.314 e. The molecule has 0 bridgehead atoms. The molecule has 0 saturated heterocycles. The number of fused-ring (bicyclic) bond motifs is 1. The Balaban J connectivity index is 2.10. The Labute approximate surface area is 116 Å². The molecule has 0 unspecified atom stereocenters. The van der Waals surface area contributed by atoms with Crippen LogP contribution in [0.2, 0.25) is 5.02 Å². The summed E-state index contributed by atoms with van der Waals surface area (Å²) in [7, 11) is 0. The fraction of sp³-hybridized carbons (Fsp3) is 0.500. The van der Waals surface area contributed by atoms with E-state index in [-0.39, 0.29) is 6.79 Å². The van der Waals surface area contributed by atoms with Gasteiger partial charge in [0, 0.05) is 11.1 Å². The number of rotatable bonds is 2. The van der Waals surface area contributed by atoms with E-state index in [2.05, 4.69) is 0 Å². The second-order valence-electron chi connectivity index (χ2n) is 5.13. The van der Waals surface area contributed by atoms with Gasteiger partial charge < -0.3 is 14.6 Å². The molecule has 1 saturated carbocycles. The fourth-order valence-corrected chi connectivity index (χ4v) is 3.37. The summed E-state index contributed by atoms with van der Waals surface area (Å²) < 4.78 is 10.6. The average Bonchev–Trinajstić information content (AvgIpc) is 2.85. The van der Waals surface area contributed by atoms with Crippen molar-refractivity contribution in [2.75, 3.05) is 6.79 Å². The number of ether oxygens (including phenoxy) is 2. The molecule has 3 rings (SSSR count). The number of benzene rings is 1. The molecule has 5 heteroatoms. The van der Waals surface area contributed by atoms with Gasteiger partial charge in [0.15, 0.2) is 11.5 Å². The Bertz CT molecular complexity index is 520. The van der Waals surface area contributed by atoms with Crippen molar-refractivity contribution < 1.29 is 19.4 Å². The molecule has 1 fully saturated rings. The molecule has 1 aromatic carbocycles.